The van der Waals surface area contributed by atoms with Crippen molar-refractivity contribution < 1.29 is 4.79 Å². The van der Waals surface area contributed by atoms with E-state index < -0.39 is 0 Å². The van der Waals surface area contributed by atoms with Crippen LogP contribution in [0, 0.1) is 12.8 Å². The molecule has 1 saturated heterocycles. The summed E-state index contributed by atoms with van der Waals surface area (Å²) in [7, 11) is 2.04. The van der Waals surface area contributed by atoms with Crippen LogP contribution in [0.5, 0.6) is 0 Å². The monoisotopic (exact) mass is 574 g/mol. The van der Waals surface area contributed by atoms with Gasteiger partial charge in [-0.1, -0.05) is 38.5 Å². The molecule has 7 heteroatoms. The fraction of sp³-hybridized carbons (Fsp3) is 0.517. The second kappa shape index (κ2) is 16.8. The number of rotatable bonds is 9. The van der Waals surface area contributed by atoms with Crippen molar-refractivity contribution in [3.8, 4) is 0 Å². The standard InChI is InChI=1S/C22H28BrN3O.C7H15NS/c1-5-8-9-18-11-13-21(23)25-26(18)20(7-3)17-10-12-19(16(4)15-17)22(27)24-14-6-2;1-8-6-7-2-4-9-5-3-7/h7,9-13,15H,5-6,8,14H2,1-4H3,(H,24,27);7-8H,2-6H2,1H3/b18-9+,20-7-;. The number of thioether (sulfide) groups is 1. The molecule has 0 atom stereocenters. The molecule has 1 aromatic carbocycles. The Morgan fingerprint density at radius 2 is 1.97 bits per heavy atom. The fourth-order valence-electron chi connectivity index (χ4n) is 4.11. The van der Waals surface area contributed by atoms with E-state index in [9.17, 15) is 4.79 Å². The van der Waals surface area contributed by atoms with Gasteiger partial charge in [-0.3, -0.25) is 4.79 Å². The van der Waals surface area contributed by atoms with Gasteiger partial charge in [0.1, 0.15) is 4.62 Å². The Bertz CT molecular complexity index is 961. The third kappa shape index (κ3) is 9.56. The average Bonchev–Trinajstić information content (AvgIpc) is 2.88. The van der Waals surface area contributed by atoms with Gasteiger partial charge in [0.2, 0.25) is 0 Å². The minimum atomic E-state index is -0.0203. The van der Waals surface area contributed by atoms with Crippen molar-refractivity contribution in [3.63, 3.8) is 0 Å². The van der Waals surface area contributed by atoms with E-state index in [4.69, 9.17) is 0 Å². The van der Waals surface area contributed by atoms with Crippen molar-refractivity contribution >= 4 is 43.9 Å². The molecule has 36 heavy (non-hydrogen) atoms. The third-order valence-electron chi connectivity index (χ3n) is 6.11. The molecule has 2 aliphatic heterocycles. The molecule has 2 aliphatic rings. The number of amides is 1. The van der Waals surface area contributed by atoms with Gasteiger partial charge in [-0.25, -0.2) is 5.01 Å². The Balaban J connectivity index is 0.000000425. The van der Waals surface area contributed by atoms with Gasteiger partial charge < -0.3 is 10.6 Å². The number of hydrogen-bond donors (Lipinski definition) is 2. The van der Waals surface area contributed by atoms with Crippen LogP contribution in [0.4, 0.5) is 0 Å². The summed E-state index contributed by atoms with van der Waals surface area (Å²) in [5.41, 5.74) is 4.74. The van der Waals surface area contributed by atoms with Gasteiger partial charge in [-0.2, -0.15) is 16.9 Å². The molecule has 198 valence electrons. The highest BCUT2D eigenvalue weighted by Gasteiger charge is 2.18. The van der Waals surface area contributed by atoms with E-state index in [2.05, 4.69) is 68.6 Å². The lowest BCUT2D eigenvalue weighted by molar-refractivity contribution is 0.0953. The Morgan fingerprint density at radius 3 is 2.58 bits per heavy atom. The number of hydrogen-bond acceptors (Lipinski definition) is 5. The molecular weight excluding hydrogens is 532 g/mol. The number of benzene rings is 1. The molecule has 0 radical (unpaired) electrons. The number of nitrogens with one attached hydrogen (secondary N) is 2. The van der Waals surface area contributed by atoms with Gasteiger partial charge >= 0.3 is 0 Å². The molecule has 5 nitrogen and oxygen atoms in total. The number of allylic oxidation sites excluding steroid dienone is 4. The summed E-state index contributed by atoms with van der Waals surface area (Å²) in [6, 6.07) is 5.94. The maximum absolute atomic E-state index is 12.3. The maximum atomic E-state index is 12.3. The van der Waals surface area contributed by atoms with Gasteiger partial charge in [0.25, 0.3) is 5.91 Å². The van der Waals surface area contributed by atoms with Crippen LogP contribution in [0.15, 0.2) is 53.3 Å². The second-order valence-corrected chi connectivity index (χ2v) is 11.1. The average molecular weight is 576 g/mol. The number of carbonyl (C=O) groups excluding carboxylic acids is 1. The van der Waals surface area contributed by atoms with Crippen LogP contribution in [0.2, 0.25) is 0 Å². The first-order valence-electron chi connectivity index (χ1n) is 13.1. The lowest BCUT2D eigenvalue weighted by atomic mass is 10.0. The topological polar surface area (TPSA) is 56.7 Å². The lowest BCUT2D eigenvalue weighted by Gasteiger charge is -2.26. The summed E-state index contributed by atoms with van der Waals surface area (Å²) < 4.78 is 0.780. The molecule has 1 fully saturated rings. The van der Waals surface area contributed by atoms with E-state index in [1.165, 1.54) is 30.9 Å². The number of aryl methyl sites for hydroxylation is 1. The Hall–Kier alpha value is -1.83. The summed E-state index contributed by atoms with van der Waals surface area (Å²) >= 11 is 5.57. The molecule has 2 heterocycles. The number of halogens is 1. The molecule has 0 unspecified atom stereocenters. The third-order valence-corrected chi connectivity index (χ3v) is 7.58. The van der Waals surface area contributed by atoms with Crippen LogP contribution in [-0.2, 0) is 0 Å². The van der Waals surface area contributed by atoms with Gasteiger partial charge in [0.05, 0.1) is 11.4 Å². The second-order valence-electron chi connectivity index (χ2n) is 9.06. The molecule has 3 rings (SSSR count). The van der Waals surface area contributed by atoms with Crippen molar-refractivity contribution in [1.29, 1.82) is 0 Å². The summed E-state index contributed by atoms with van der Waals surface area (Å²) in [4.78, 5) is 12.3. The Morgan fingerprint density at radius 1 is 1.22 bits per heavy atom. The number of nitrogens with zero attached hydrogens (tertiary/aromatic N) is 2. The van der Waals surface area contributed by atoms with E-state index in [1.54, 1.807) is 0 Å². The highest BCUT2D eigenvalue weighted by molar-refractivity contribution is 9.18. The number of carbonyl (C=O) groups is 1. The molecule has 0 aliphatic carbocycles. The Labute approximate surface area is 231 Å². The first-order chi connectivity index (χ1) is 17.4. The molecule has 0 bridgehead atoms. The number of unbranched alkanes of at least 4 members (excludes halogenated alkanes) is 1. The predicted octanol–water partition coefficient (Wildman–Crippen LogP) is 7.11. The maximum Gasteiger partial charge on any atom is 0.251 e. The zero-order valence-electron chi connectivity index (χ0n) is 22.6. The minimum Gasteiger partial charge on any atom is -0.352 e. The summed E-state index contributed by atoms with van der Waals surface area (Å²) in [5, 5.41) is 12.8. The van der Waals surface area contributed by atoms with Crippen LogP contribution in [0.25, 0.3) is 5.70 Å². The zero-order chi connectivity index (χ0) is 26.3. The lowest BCUT2D eigenvalue weighted by Crippen LogP contribution is -2.25. The first kappa shape index (κ1) is 30.4. The van der Waals surface area contributed by atoms with E-state index in [-0.39, 0.29) is 5.91 Å². The van der Waals surface area contributed by atoms with Crippen molar-refractivity contribution in [2.24, 2.45) is 11.0 Å². The van der Waals surface area contributed by atoms with Crippen LogP contribution in [0.1, 0.15) is 74.4 Å². The van der Waals surface area contributed by atoms with E-state index >= 15 is 0 Å². The predicted molar refractivity (Wildman–Crippen MR) is 162 cm³/mol. The molecule has 0 spiro atoms. The molecule has 2 N–H and O–H groups in total. The summed E-state index contributed by atoms with van der Waals surface area (Å²) in [5.74, 6) is 3.71. The van der Waals surface area contributed by atoms with E-state index in [0.717, 1.165) is 52.3 Å². The van der Waals surface area contributed by atoms with Crippen molar-refractivity contribution in [2.75, 3.05) is 31.6 Å². The summed E-state index contributed by atoms with van der Waals surface area (Å²) in [6.07, 6.45) is 14.1. The van der Waals surface area contributed by atoms with Crippen LogP contribution < -0.4 is 10.6 Å². The van der Waals surface area contributed by atoms with Crippen molar-refractivity contribution in [1.82, 2.24) is 15.6 Å². The van der Waals surface area contributed by atoms with Crippen molar-refractivity contribution in [3.05, 3.63) is 64.9 Å². The minimum absolute atomic E-state index is 0.0203. The number of hydrazone groups is 1. The Kier molecular flexibility index (Phi) is 14.2. The van der Waals surface area contributed by atoms with Gasteiger partial charge in [-0.15, -0.1) is 0 Å². The van der Waals surface area contributed by atoms with Crippen molar-refractivity contribution in [2.45, 2.75) is 59.8 Å². The highest BCUT2D eigenvalue weighted by Crippen LogP contribution is 2.29. The molecule has 1 amide bonds. The smallest absolute Gasteiger partial charge is 0.251 e. The molecular formula is C29H43BrN4OS. The fourth-order valence-corrected chi connectivity index (χ4v) is 5.61. The van der Waals surface area contributed by atoms with Gasteiger partial charge in [-0.05, 0) is 116 Å². The molecule has 1 aromatic rings. The van der Waals surface area contributed by atoms with Gasteiger partial charge in [0, 0.05) is 17.7 Å². The summed E-state index contributed by atoms with van der Waals surface area (Å²) in [6.45, 7) is 10.1. The van der Waals surface area contributed by atoms with Gasteiger partial charge in [0.15, 0.2) is 0 Å². The van der Waals surface area contributed by atoms with Crippen LogP contribution in [0.3, 0.4) is 0 Å². The van der Waals surface area contributed by atoms with Crippen LogP contribution >= 0.6 is 27.7 Å². The van der Waals surface area contributed by atoms with E-state index in [0.29, 0.717) is 12.1 Å². The zero-order valence-corrected chi connectivity index (χ0v) is 25.0. The molecule has 0 aromatic heterocycles. The van der Waals surface area contributed by atoms with Crippen LogP contribution in [-0.4, -0.2) is 47.2 Å². The largest absolute Gasteiger partial charge is 0.352 e. The normalized spacial score (nSPS) is 17.5. The SMILES string of the molecule is C/C=C(/c1ccc(C(=O)NCCC)c(C)c1)N1N=C(Br)C=C/C1=C\CCC.CNCC1CCSCC1. The van der Waals surface area contributed by atoms with E-state index in [1.807, 2.05) is 57.1 Å². The first-order valence-corrected chi connectivity index (χ1v) is 15.1. The quantitative estimate of drug-likeness (QED) is 0.330. The highest BCUT2D eigenvalue weighted by atomic mass is 79.9. The molecule has 0 saturated carbocycles.